The quantitative estimate of drug-likeness (QED) is 0.861. The highest BCUT2D eigenvalue weighted by Crippen LogP contribution is 2.21. The van der Waals surface area contributed by atoms with E-state index in [1.165, 1.54) is 6.26 Å². The van der Waals surface area contributed by atoms with Crippen molar-refractivity contribution in [1.82, 2.24) is 4.98 Å². The van der Waals surface area contributed by atoms with E-state index in [-0.39, 0.29) is 5.75 Å². The van der Waals surface area contributed by atoms with Crippen LogP contribution in [0.1, 0.15) is 5.69 Å². The van der Waals surface area contributed by atoms with Crippen LogP contribution in [0.5, 0.6) is 0 Å². The molecule has 0 bridgehead atoms. The lowest BCUT2D eigenvalue weighted by Crippen LogP contribution is -2.00. The van der Waals surface area contributed by atoms with Crippen LogP contribution in [0.4, 0.5) is 0 Å². The molecule has 1 aromatic heterocycles. The van der Waals surface area contributed by atoms with Gasteiger partial charge in [0.15, 0.2) is 9.84 Å². The van der Waals surface area contributed by atoms with Gasteiger partial charge in [-0.3, -0.25) is 0 Å². The number of nitrogens with zero attached hydrogens (tertiary/aromatic N) is 1. The molecule has 0 aliphatic heterocycles. The number of oxazole rings is 1. The molecule has 2 rings (SSSR count). The van der Waals surface area contributed by atoms with Crippen LogP contribution >= 0.6 is 11.6 Å². The van der Waals surface area contributed by atoms with E-state index in [0.717, 1.165) is 11.8 Å². The van der Waals surface area contributed by atoms with Crippen LogP contribution in [0.2, 0.25) is 5.02 Å². The molecular formula is C11H10ClNO3S. The summed E-state index contributed by atoms with van der Waals surface area (Å²) >= 11 is 5.76. The minimum Gasteiger partial charge on any atom is -0.444 e. The average Bonchev–Trinajstić information content (AvgIpc) is 2.64. The summed E-state index contributed by atoms with van der Waals surface area (Å²) in [6, 6.07) is 6.96. The van der Waals surface area contributed by atoms with Gasteiger partial charge in [-0.2, -0.15) is 0 Å². The molecule has 0 unspecified atom stereocenters. The lowest BCUT2D eigenvalue weighted by molar-refractivity contribution is 0.572. The summed E-state index contributed by atoms with van der Waals surface area (Å²) in [5.41, 5.74) is 1.16. The highest BCUT2D eigenvalue weighted by atomic mass is 35.5. The SMILES string of the molecule is CS(=O)(=O)Cc1coc(-c2ccc(Cl)cc2)n1. The Morgan fingerprint density at radius 1 is 1.29 bits per heavy atom. The molecule has 0 saturated carbocycles. The Morgan fingerprint density at radius 3 is 2.53 bits per heavy atom. The van der Waals surface area contributed by atoms with Crippen LogP contribution in [-0.2, 0) is 15.6 Å². The van der Waals surface area contributed by atoms with E-state index in [1.54, 1.807) is 24.3 Å². The first kappa shape index (κ1) is 12.1. The van der Waals surface area contributed by atoms with E-state index in [1.807, 2.05) is 0 Å². The van der Waals surface area contributed by atoms with Gasteiger partial charge in [-0.25, -0.2) is 13.4 Å². The molecule has 0 aliphatic rings. The van der Waals surface area contributed by atoms with Crippen LogP contribution in [0, 0.1) is 0 Å². The van der Waals surface area contributed by atoms with Crippen molar-refractivity contribution >= 4 is 21.4 Å². The van der Waals surface area contributed by atoms with Crippen molar-refractivity contribution in [3.05, 3.63) is 41.2 Å². The summed E-state index contributed by atoms with van der Waals surface area (Å²) in [6.07, 6.45) is 2.51. The predicted octanol–water partition coefficient (Wildman–Crippen LogP) is 2.54. The maximum Gasteiger partial charge on any atom is 0.226 e. The molecule has 0 saturated heterocycles. The lowest BCUT2D eigenvalue weighted by atomic mass is 10.2. The van der Waals surface area contributed by atoms with Crippen LogP contribution in [-0.4, -0.2) is 19.7 Å². The Morgan fingerprint density at radius 2 is 1.94 bits per heavy atom. The summed E-state index contributed by atoms with van der Waals surface area (Å²) in [7, 11) is -3.10. The minimum atomic E-state index is -3.10. The molecule has 2 aromatic rings. The standard InChI is InChI=1S/C11H10ClNO3S/c1-17(14,15)7-10-6-16-11(13-10)8-2-4-9(12)5-3-8/h2-6H,7H2,1H3. The molecule has 0 fully saturated rings. The minimum absolute atomic E-state index is 0.121. The Kier molecular flexibility index (Phi) is 3.22. The molecule has 17 heavy (non-hydrogen) atoms. The van der Waals surface area contributed by atoms with Gasteiger partial charge in [0.05, 0.1) is 11.4 Å². The van der Waals surface area contributed by atoms with Gasteiger partial charge in [-0.05, 0) is 24.3 Å². The third kappa shape index (κ3) is 3.31. The second kappa shape index (κ2) is 4.50. The zero-order valence-electron chi connectivity index (χ0n) is 9.05. The van der Waals surface area contributed by atoms with E-state index in [4.69, 9.17) is 16.0 Å². The van der Waals surface area contributed by atoms with Crippen LogP contribution in [0.15, 0.2) is 34.9 Å². The van der Waals surface area contributed by atoms with E-state index in [0.29, 0.717) is 16.6 Å². The number of aromatic nitrogens is 1. The summed E-state index contributed by atoms with van der Waals surface area (Å²) in [4.78, 5) is 4.11. The van der Waals surface area contributed by atoms with Crippen molar-refractivity contribution in [3.8, 4) is 11.5 Å². The van der Waals surface area contributed by atoms with Gasteiger partial charge >= 0.3 is 0 Å². The molecule has 6 heteroatoms. The van der Waals surface area contributed by atoms with Crippen molar-refractivity contribution in [2.75, 3.05) is 6.26 Å². The molecule has 1 heterocycles. The van der Waals surface area contributed by atoms with E-state index < -0.39 is 9.84 Å². The zero-order valence-corrected chi connectivity index (χ0v) is 10.6. The third-order valence-corrected chi connectivity index (χ3v) is 3.13. The molecule has 0 spiro atoms. The Hall–Kier alpha value is -1.33. The fraction of sp³-hybridized carbons (Fsp3) is 0.182. The van der Waals surface area contributed by atoms with Crippen LogP contribution in [0.3, 0.4) is 0 Å². The fourth-order valence-corrected chi connectivity index (χ4v) is 2.16. The largest absolute Gasteiger partial charge is 0.444 e. The average molecular weight is 272 g/mol. The highest BCUT2D eigenvalue weighted by Gasteiger charge is 2.11. The van der Waals surface area contributed by atoms with Crippen molar-refractivity contribution in [1.29, 1.82) is 0 Å². The molecule has 0 N–H and O–H groups in total. The lowest BCUT2D eigenvalue weighted by Gasteiger charge is -1.94. The van der Waals surface area contributed by atoms with Crippen molar-refractivity contribution in [2.24, 2.45) is 0 Å². The number of halogens is 1. The topological polar surface area (TPSA) is 60.2 Å². The number of hydrogen-bond acceptors (Lipinski definition) is 4. The molecule has 0 aliphatic carbocycles. The fourth-order valence-electron chi connectivity index (χ4n) is 1.37. The van der Waals surface area contributed by atoms with Gasteiger partial charge in [0.2, 0.25) is 5.89 Å². The van der Waals surface area contributed by atoms with Crippen molar-refractivity contribution in [2.45, 2.75) is 5.75 Å². The number of rotatable bonds is 3. The smallest absolute Gasteiger partial charge is 0.226 e. The number of hydrogen-bond donors (Lipinski definition) is 0. The van der Waals surface area contributed by atoms with Gasteiger partial charge in [0.25, 0.3) is 0 Å². The Bertz CT molecular complexity index is 616. The molecule has 1 aromatic carbocycles. The molecule has 0 amide bonds. The predicted molar refractivity (Wildman–Crippen MR) is 65.5 cm³/mol. The zero-order chi connectivity index (χ0) is 12.5. The van der Waals surface area contributed by atoms with Gasteiger partial charge in [0, 0.05) is 16.8 Å². The maximum absolute atomic E-state index is 11.1. The molecule has 0 atom stereocenters. The molecule has 0 radical (unpaired) electrons. The van der Waals surface area contributed by atoms with Gasteiger partial charge in [-0.15, -0.1) is 0 Å². The van der Waals surface area contributed by atoms with Crippen LogP contribution in [0.25, 0.3) is 11.5 Å². The van der Waals surface area contributed by atoms with Gasteiger partial charge < -0.3 is 4.42 Å². The molecule has 90 valence electrons. The maximum atomic E-state index is 11.1. The Balaban J connectivity index is 2.27. The number of sulfone groups is 1. The van der Waals surface area contributed by atoms with Gasteiger partial charge in [0.1, 0.15) is 6.26 Å². The van der Waals surface area contributed by atoms with Crippen molar-refractivity contribution < 1.29 is 12.8 Å². The first-order valence-electron chi connectivity index (χ1n) is 4.82. The molecular weight excluding hydrogens is 262 g/mol. The van der Waals surface area contributed by atoms with E-state index in [2.05, 4.69) is 4.98 Å². The third-order valence-electron chi connectivity index (χ3n) is 2.05. The Labute approximate surface area is 104 Å². The summed E-state index contributed by atoms with van der Waals surface area (Å²) in [6.45, 7) is 0. The van der Waals surface area contributed by atoms with Gasteiger partial charge in [-0.1, -0.05) is 11.6 Å². The van der Waals surface area contributed by atoms with E-state index >= 15 is 0 Å². The molecule has 4 nitrogen and oxygen atoms in total. The normalized spacial score (nSPS) is 11.6. The van der Waals surface area contributed by atoms with Crippen molar-refractivity contribution in [3.63, 3.8) is 0 Å². The van der Waals surface area contributed by atoms with E-state index in [9.17, 15) is 8.42 Å². The summed E-state index contributed by atoms with van der Waals surface area (Å²) < 4.78 is 27.4. The first-order valence-corrected chi connectivity index (χ1v) is 7.26. The summed E-state index contributed by atoms with van der Waals surface area (Å²) in [5.74, 6) is 0.268. The summed E-state index contributed by atoms with van der Waals surface area (Å²) in [5, 5.41) is 0.622. The number of benzene rings is 1. The highest BCUT2D eigenvalue weighted by molar-refractivity contribution is 7.89. The first-order chi connectivity index (χ1) is 7.94. The van der Waals surface area contributed by atoms with Crippen LogP contribution < -0.4 is 0 Å². The second-order valence-corrected chi connectivity index (χ2v) is 6.30. The monoisotopic (exact) mass is 271 g/mol. The second-order valence-electron chi connectivity index (χ2n) is 3.72.